The predicted molar refractivity (Wildman–Crippen MR) is 154 cm³/mol. The van der Waals surface area contributed by atoms with E-state index in [-0.39, 0.29) is 29.3 Å². The number of fused-ring (bicyclic) bond motifs is 1. The zero-order chi connectivity index (χ0) is 32.5. The number of carbonyl (C=O) groups is 4. The Labute approximate surface area is 256 Å². The molecular weight excluding hydrogens is 598 g/mol. The van der Waals surface area contributed by atoms with Crippen molar-refractivity contribution in [2.45, 2.75) is 62.8 Å². The molecule has 5 N–H and O–H groups in total. The summed E-state index contributed by atoms with van der Waals surface area (Å²) in [7, 11) is 0. The Morgan fingerprint density at radius 1 is 1.07 bits per heavy atom. The van der Waals surface area contributed by atoms with E-state index in [1.807, 2.05) is 0 Å². The zero-order valence-electron chi connectivity index (χ0n) is 24.2. The third-order valence-corrected chi connectivity index (χ3v) is 8.33. The molecule has 0 bridgehead atoms. The van der Waals surface area contributed by atoms with Gasteiger partial charge in [0.25, 0.3) is 5.91 Å². The first-order valence-corrected chi connectivity index (χ1v) is 14.6. The number of nitrogens with one attached hydrogen (secondary N) is 1. The van der Waals surface area contributed by atoms with Gasteiger partial charge < -0.3 is 21.5 Å². The summed E-state index contributed by atoms with van der Waals surface area (Å²) < 4.78 is 60.7. The third-order valence-electron chi connectivity index (χ3n) is 8.33. The van der Waals surface area contributed by atoms with Crippen molar-refractivity contribution >= 4 is 35.1 Å². The second kappa shape index (κ2) is 12.6. The maximum absolute atomic E-state index is 15.5. The number of esters is 1. The van der Waals surface area contributed by atoms with Crippen LogP contribution in [0.3, 0.4) is 0 Å². The summed E-state index contributed by atoms with van der Waals surface area (Å²) in [5, 5.41) is 2.41. The van der Waals surface area contributed by atoms with E-state index in [2.05, 4.69) is 10.3 Å². The molecule has 2 aromatic rings. The molecule has 1 heterocycles. The lowest BCUT2D eigenvalue weighted by Crippen LogP contribution is -2.52. The molecule has 45 heavy (non-hydrogen) atoms. The molecule has 0 radical (unpaired) electrons. The van der Waals surface area contributed by atoms with Crippen molar-refractivity contribution in [3.8, 4) is 0 Å². The van der Waals surface area contributed by atoms with Crippen molar-refractivity contribution in [1.82, 2.24) is 5.32 Å². The van der Waals surface area contributed by atoms with Crippen LogP contribution in [0.4, 0.5) is 23.2 Å². The number of para-hydroxylation sites is 1. The lowest BCUT2D eigenvalue weighted by atomic mass is 9.83. The van der Waals surface area contributed by atoms with E-state index in [1.54, 1.807) is 30.3 Å². The smallest absolute Gasteiger partial charge is 0.389 e. The number of benzene rings is 2. The summed E-state index contributed by atoms with van der Waals surface area (Å²) in [4.78, 5) is 58.0. The molecule has 14 heteroatoms. The molecule has 10 nitrogen and oxygen atoms in total. The van der Waals surface area contributed by atoms with Crippen molar-refractivity contribution in [3.05, 3.63) is 65.5 Å². The van der Waals surface area contributed by atoms with Gasteiger partial charge in [-0.3, -0.25) is 19.3 Å². The SMILES string of the molecule is NC(=O)[C@@H](CC1CC1)[C@@H](CCC(F)(F)F)C(=O)N[C@H]1N=C(c2ccccc2)c2cccc(F)c2N(COC(=O)C2(N)CC2)C1=O. The number of nitrogens with two attached hydrogens (primary N) is 2. The highest BCUT2D eigenvalue weighted by Crippen LogP contribution is 2.40. The Kier molecular flexibility index (Phi) is 8.97. The highest BCUT2D eigenvalue weighted by molar-refractivity contribution is 6.20. The number of ether oxygens (including phenoxy) is 1. The van der Waals surface area contributed by atoms with Crippen LogP contribution in [-0.4, -0.2) is 54.0 Å². The van der Waals surface area contributed by atoms with Crippen molar-refractivity contribution in [1.29, 1.82) is 0 Å². The zero-order valence-corrected chi connectivity index (χ0v) is 24.2. The van der Waals surface area contributed by atoms with Gasteiger partial charge in [0.15, 0.2) is 6.73 Å². The number of hydrogen-bond donors (Lipinski definition) is 3. The van der Waals surface area contributed by atoms with Gasteiger partial charge in [-0.15, -0.1) is 0 Å². The Hall–Kier alpha value is -4.33. The number of hydrogen-bond acceptors (Lipinski definition) is 7. The monoisotopic (exact) mass is 631 g/mol. The van der Waals surface area contributed by atoms with Crippen LogP contribution in [-0.2, 0) is 23.9 Å². The first-order valence-electron chi connectivity index (χ1n) is 14.6. The van der Waals surface area contributed by atoms with Gasteiger partial charge in [0.05, 0.1) is 11.4 Å². The molecule has 2 saturated carbocycles. The van der Waals surface area contributed by atoms with Gasteiger partial charge in [0.2, 0.25) is 18.0 Å². The van der Waals surface area contributed by atoms with Gasteiger partial charge in [0, 0.05) is 29.4 Å². The van der Waals surface area contributed by atoms with Crippen molar-refractivity contribution in [3.63, 3.8) is 0 Å². The molecule has 5 rings (SSSR count). The minimum atomic E-state index is -4.63. The average Bonchev–Trinajstić information content (AvgIpc) is 3.92. The van der Waals surface area contributed by atoms with Crippen LogP contribution in [0.15, 0.2) is 53.5 Å². The van der Waals surface area contributed by atoms with E-state index in [0.717, 1.165) is 23.8 Å². The molecule has 3 amide bonds. The normalized spacial score (nSPS) is 20.3. The highest BCUT2D eigenvalue weighted by Gasteiger charge is 2.48. The molecule has 2 aromatic carbocycles. The van der Waals surface area contributed by atoms with Gasteiger partial charge in [0.1, 0.15) is 11.4 Å². The number of primary amides is 1. The minimum absolute atomic E-state index is 0.0471. The van der Waals surface area contributed by atoms with Crippen LogP contribution < -0.4 is 21.7 Å². The van der Waals surface area contributed by atoms with Crippen LogP contribution in [0.25, 0.3) is 0 Å². The molecule has 3 atom stereocenters. The van der Waals surface area contributed by atoms with Gasteiger partial charge in [-0.2, -0.15) is 13.2 Å². The fourth-order valence-electron chi connectivity index (χ4n) is 5.41. The molecule has 3 aliphatic rings. The van der Waals surface area contributed by atoms with Crippen LogP contribution in [0, 0.1) is 23.6 Å². The van der Waals surface area contributed by atoms with Gasteiger partial charge in [-0.1, -0.05) is 55.3 Å². The van der Waals surface area contributed by atoms with E-state index in [1.165, 1.54) is 12.1 Å². The quantitative estimate of drug-likeness (QED) is 0.241. The van der Waals surface area contributed by atoms with E-state index in [9.17, 15) is 32.3 Å². The second-order valence-corrected chi connectivity index (χ2v) is 11.8. The predicted octanol–water partition coefficient (Wildman–Crippen LogP) is 3.30. The Morgan fingerprint density at radius 2 is 1.76 bits per heavy atom. The molecule has 0 aromatic heterocycles. The molecule has 0 spiro atoms. The fraction of sp³-hybridized carbons (Fsp3) is 0.452. The van der Waals surface area contributed by atoms with Crippen LogP contribution in [0.1, 0.15) is 56.1 Å². The number of alkyl halides is 3. The molecular formula is C31H33F4N5O5. The number of halogens is 4. The number of nitrogens with zero attached hydrogens (tertiary/aromatic N) is 2. The first kappa shape index (κ1) is 32.1. The maximum Gasteiger partial charge on any atom is 0.389 e. The lowest BCUT2D eigenvalue weighted by Gasteiger charge is -2.28. The Bertz CT molecular complexity index is 1510. The van der Waals surface area contributed by atoms with Crippen molar-refractivity contribution in [2.75, 3.05) is 11.6 Å². The fourth-order valence-corrected chi connectivity index (χ4v) is 5.41. The number of aliphatic imine (C=N–C) groups is 1. The largest absolute Gasteiger partial charge is 0.442 e. The molecule has 0 saturated heterocycles. The van der Waals surface area contributed by atoms with E-state index >= 15 is 4.39 Å². The van der Waals surface area contributed by atoms with Gasteiger partial charge >= 0.3 is 12.1 Å². The summed E-state index contributed by atoms with van der Waals surface area (Å²) >= 11 is 0. The number of amides is 3. The van der Waals surface area contributed by atoms with Crippen molar-refractivity contribution in [2.24, 2.45) is 34.2 Å². The number of benzodiazepines with no additional fused rings is 1. The van der Waals surface area contributed by atoms with E-state index in [4.69, 9.17) is 16.2 Å². The topological polar surface area (TPSA) is 157 Å². The summed E-state index contributed by atoms with van der Waals surface area (Å²) in [6.07, 6.45) is -6.17. The lowest BCUT2D eigenvalue weighted by molar-refractivity contribution is -0.148. The first-order chi connectivity index (χ1) is 21.3. The number of anilines is 1. The number of rotatable bonds is 12. The standard InChI is InChI=1S/C31H33F4N5O5/c32-22-8-4-7-20-23(18-5-2-1-3-6-18)38-26(28(43)40(24(20)22)16-45-29(44)30(37)13-14-30)39-27(42)19(11-12-31(33,34)35)21(25(36)41)15-17-9-10-17/h1-8,17,19,21,26H,9-16,37H2,(H2,36,41)(H,39,42)/t19-,21+,26-/m1/s1. The summed E-state index contributed by atoms with van der Waals surface area (Å²) in [6, 6.07) is 12.3. The van der Waals surface area contributed by atoms with Gasteiger partial charge in [-0.25, -0.2) is 14.2 Å². The van der Waals surface area contributed by atoms with Crippen LogP contribution in [0.5, 0.6) is 0 Å². The summed E-state index contributed by atoms with van der Waals surface area (Å²) in [5.41, 5.74) is 10.7. The maximum atomic E-state index is 15.5. The Balaban J connectivity index is 1.53. The minimum Gasteiger partial charge on any atom is -0.442 e. The number of carbonyl (C=O) groups excluding carboxylic acids is 4. The van der Waals surface area contributed by atoms with Crippen LogP contribution in [0.2, 0.25) is 0 Å². The van der Waals surface area contributed by atoms with Gasteiger partial charge in [-0.05, 0) is 37.7 Å². The Morgan fingerprint density at radius 3 is 2.36 bits per heavy atom. The highest BCUT2D eigenvalue weighted by atomic mass is 19.4. The molecule has 1 aliphatic heterocycles. The molecule has 2 fully saturated rings. The molecule has 240 valence electrons. The van der Waals surface area contributed by atoms with E-state index in [0.29, 0.717) is 18.4 Å². The average molecular weight is 632 g/mol. The second-order valence-electron chi connectivity index (χ2n) is 11.8. The summed E-state index contributed by atoms with van der Waals surface area (Å²) in [6.45, 7) is -0.780. The molecule has 2 aliphatic carbocycles. The summed E-state index contributed by atoms with van der Waals surface area (Å²) in [5.74, 6) is -7.35. The third kappa shape index (κ3) is 7.49. The van der Waals surface area contributed by atoms with E-state index < -0.39 is 78.8 Å². The van der Waals surface area contributed by atoms with Crippen molar-refractivity contribution < 1.29 is 41.5 Å². The molecule has 0 unspecified atom stereocenters. The van der Waals surface area contributed by atoms with Crippen LogP contribution >= 0.6 is 0 Å².